The van der Waals surface area contributed by atoms with Crippen LogP contribution in [-0.4, -0.2) is 36.2 Å². The van der Waals surface area contributed by atoms with Crippen LogP contribution in [0.25, 0.3) is 0 Å². The molecule has 1 unspecified atom stereocenters. The van der Waals surface area contributed by atoms with Crippen molar-refractivity contribution in [1.82, 2.24) is 15.6 Å². The van der Waals surface area contributed by atoms with Crippen molar-refractivity contribution in [3.8, 4) is 5.75 Å². The van der Waals surface area contributed by atoms with Gasteiger partial charge in [-0.1, -0.05) is 12.1 Å². The molecule has 1 aromatic heterocycles. The Hall–Kier alpha value is -2.12. The Kier molecular flexibility index (Phi) is 7.21. The Balaban J connectivity index is 1.94. The molecule has 2 aromatic rings. The van der Waals surface area contributed by atoms with E-state index in [1.54, 1.807) is 18.4 Å². The van der Waals surface area contributed by atoms with Gasteiger partial charge in [0.15, 0.2) is 5.96 Å². The van der Waals surface area contributed by atoms with E-state index < -0.39 is 6.10 Å². The maximum atomic E-state index is 10.3. The van der Waals surface area contributed by atoms with E-state index in [0.717, 1.165) is 28.6 Å². The lowest BCUT2D eigenvalue weighted by Crippen LogP contribution is -2.39. The highest BCUT2D eigenvalue weighted by molar-refractivity contribution is 7.11. The van der Waals surface area contributed by atoms with E-state index in [9.17, 15) is 5.11 Å². The molecular weight excluding hydrogens is 336 g/mol. The van der Waals surface area contributed by atoms with Crippen LogP contribution in [0.3, 0.4) is 0 Å². The molecule has 0 fully saturated rings. The molecule has 0 aliphatic carbocycles. The third-order valence-electron chi connectivity index (χ3n) is 3.75. The summed E-state index contributed by atoms with van der Waals surface area (Å²) < 4.78 is 5.13. The lowest BCUT2D eigenvalue weighted by Gasteiger charge is -2.15. The van der Waals surface area contributed by atoms with Crippen molar-refractivity contribution in [1.29, 1.82) is 0 Å². The molecule has 0 saturated heterocycles. The van der Waals surface area contributed by atoms with Crippen LogP contribution < -0.4 is 15.4 Å². The van der Waals surface area contributed by atoms with E-state index in [4.69, 9.17) is 4.74 Å². The SMILES string of the molecule is CCNC(=NCc1nc(C)c(C)s1)NCC(O)c1ccc(OC)cc1. The number of aliphatic hydroxyl groups excluding tert-OH is 1. The zero-order valence-electron chi connectivity index (χ0n) is 15.2. The molecule has 0 spiro atoms. The number of aliphatic hydroxyl groups is 1. The van der Waals surface area contributed by atoms with Gasteiger partial charge in [0, 0.05) is 18.0 Å². The molecule has 1 atom stereocenters. The first-order valence-electron chi connectivity index (χ1n) is 8.30. The number of nitrogens with one attached hydrogen (secondary N) is 2. The smallest absolute Gasteiger partial charge is 0.191 e. The molecule has 0 saturated carbocycles. The van der Waals surface area contributed by atoms with Crippen molar-refractivity contribution < 1.29 is 9.84 Å². The third-order valence-corrected chi connectivity index (χ3v) is 4.81. The van der Waals surface area contributed by atoms with Crippen LogP contribution in [0, 0.1) is 13.8 Å². The molecule has 0 aliphatic heterocycles. The summed E-state index contributed by atoms with van der Waals surface area (Å²) >= 11 is 1.66. The number of guanidine groups is 1. The fourth-order valence-corrected chi connectivity index (χ4v) is 3.09. The number of aromatic nitrogens is 1. The predicted molar refractivity (Wildman–Crippen MR) is 102 cm³/mol. The summed E-state index contributed by atoms with van der Waals surface area (Å²) in [6.45, 7) is 7.72. The van der Waals surface area contributed by atoms with Crippen LogP contribution in [0.1, 0.15) is 34.2 Å². The summed E-state index contributed by atoms with van der Waals surface area (Å²) in [5.74, 6) is 1.44. The quantitative estimate of drug-likeness (QED) is 0.521. The Labute approximate surface area is 153 Å². The average molecular weight is 362 g/mol. The van der Waals surface area contributed by atoms with Crippen molar-refractivity contribution >= 4 is 17.3 Å². The molecule has 6 nitrogen and oxygen atoms in total. The fourth-order valence-electron chi connectivity index (χ4n) is 2.23. The normalized spacial score (nSPS) is 12.8. The Morgan fingerprint density at radius 3 is 2.56 bits per heavy atom. The second-order valence-electron chi connectivity index (χ2n) is 5.61. The number of nitrogens with zero attached hydrogens (tertiary/aromatic N) is 2. The minimum atomic E-state index is -0.626. The number of hydrogen-bond donors (Lipinski definition) is 3. The van der Waals surface area contributed by atoms with E-state index in [2.05, 4.69) is 27.5 Å². The lowest BCUT2D eigenvalue weighted by molar-refractivity contribution is 0.180. The minimum Gasteiger partial charge on any atom is -0.497 e. The van der Waals surface area contributed by atoms with Gasteiger partial charge in [0.2, 0.25) is 0 Å². The van der Waals surface area contributed by atoms with Gasteiger partial charge in [0.1, 0.15) is 10.8 Å². The lowest BCUT2D eigenvalue weighted by atomic mass is 10.1. The van der Waals surface area contributed by atoms with E-state index in [1.165, 1.54) is 4.88 Å². The number of aliphatic imine (C=N–C) groups is 1. The maximum Gasteiger partial charge on any atom is 0.191 e. The van der Waals surface area contributed by atoms with Crippen LogP contribution in [-0.2, 0) is 6.54 Å². The first kappa shape index (κ1) is 19.2. The average Bonchev–Trinajstić information content (AvgIpc) is 2.95. The number of ether oxygens (including phenoxy) is 1. The highest BCUT2D eigenvalue weighted by Gasteiger charge is 2.09. The second kappa shape index (κ2) is 9.39. The van der Waals surface area contributed by atoms with Gasteiger partial charge in [-0.05, 0) is 38.5 Å². The summed E-state index contributed by atoms with van der Waals surface area (Å²) in [6, 6.07) is 7.39. The van der Waals surface area contributed by atoms with E-state index in [0.29, 0.717) is 19.0 Å². The van der Waals surface area contributed by atoms with Gasteiger partial charge in [-0.25, -0.2) is 9.98 Å². The predicted octanol–water partition coefficient (Wildman–Crippen LogP) is 2.56. The van der Waals surface area contributed by atoms with Crippen LogP contribution >= 0.6 is 11.3 Å². The van der Waals surface area contributed by atoms with Gasteiger partial charge in [-0.2, -0.15) is 0 Å². The molecule has 136 valence electrons. The molecule has 1 heterocycles. The number of methoxy groups -OCH3 is 1. The Morgan fingerprint density at radius 2 is 2.00 bits per heavy atom. The summed E-state index contributed by atoms with van der Waals surface area (Å²) in [4.78, 5) is 10.3. The third kappa shape index (κ3) is 5.72. The van der Waals surface area contributed by atoms with Gasteiger partial charge in [0.05, 0.1) is 25.5 Å². The largest absolute Gasteiger partial charge is 0.497 e. The number of thiazole rings is 1. The van der Waals surface area contributed by atoms with Gasteiger partial charge >= 0.3 is 0 Å². The standard InChI is InChI=1S/C18H26N4O2S/c1-5-19-18(21-11-17-22-12(2)13(3)25-17)20-10-16(23)14-6-8-15(24-4)9-7-14/h6-9,16,23H,5,10-11H2,1-4H3,(H2,19,20,21). The summed E-state index contributed by atoms with van der Waals surface area (Å²) in [7, 11) is 1.62. The number of hydrogen-bond acceptors (Lipinski definition) is 5. The molecule has 0 aliphatic rings. The highest BCUT2D eigenvalue weighted by atomic mass is 32.1. The number of rotatable bonds is 7. The van der Waals surface area contributed by atoms with Crippen molar-refractivity contribution in [3.63, 3.8) is 0 Å². The Morgan fingerprint density at radius 1 is 1.28 bits per heavy atom. The number of benzene rings is 1. The summed E-state index contributed by atoms with van der Waals surface area (Å²) in [5.41, 5.74) is 1.89. The van der Waals surface area contributed by atoms with Crippen molar-refractivity contribution in [2.45, 2.75) is 33.4 Å². The maximum absolute atomic E-state index is 10.3. The van der Waals surface area contributed by atoms with E-state index in [1.807, 2.05) is 38.1 Å². The number of aryl methyl sites for hydroxylation is 2. The molecule has 0 radical (unpaired) electrons. The van der Waals surface area contributed by atoms with Crippen LogP contribution in [0.4, 0.5) is 0 Å². The highest BCUT2D eigenvalue weighted by Crippen LogP contribution is 2.18. The van der Waals surface area contributed by atoms with Crippen molar-refractivity contribution in [2.75, 3.05) is 20.2 Å². The molecule has 3 N–H and O–H groups in total. The molecule has 1 aromatic carbocycles. The zero-order chi connectivity index (χ0) is 18.2. The van der Waals surface area contributed by atoms with Crippen molar-refractivity contribution in [2.24, 2.45) is 4.99 Å². The Bertz CT molecular complexity index is 678. The zero-order valence-corrected chi connectivity index (χ0v) is 16.0. The van der Waals surface area contributed by atoms with Gasteiger partial charge in [-0.3, -0.25) is 0 Å². The monoisotopic (exact) mass is 362 g/mol. The molecule has 2 rings (SSSR count). The molecular formula is C18H26N4O2S. The molecule has 0 bridgehead atoms. The van der Waals surface area contributed by atoms with Gasteiger partial charge < -0.3 is 20.5 Å². The summed E-state index contributed by atoms with van der Waals surface area (Å²) in [5, 5.41) is 17.7. The molecule has 0 amide bonds. The first-order valence-corrected chi connectivity index (χ1v) is 9.12. The topological polar surface area (TPSA) is 78.8 Å². The molecule has 7 heteroatoms. The molecule has 25 heavy (non-hydrogen) atoms. The van der Waals surface area contributed by atoms with Gasteiger partial charge in [-0.15, -0.1) is 11.3 Å². The second-order valence-corrected chi connectivity index (χ2v) is 6.90. The first-order chi connectivity index (χ1) is 12.0. The van der Waals surface area contributed by atoms with Crippen LogP contribution in [0.2, 0.25) is 0 Å². The van der Waals surface area contributed by atoms with Crippen LogP contribution in [0.5, 0.6) is 5.75 Å². The fraction of sp³-hybridized carbons (Fsp3) is 0.444. The van der Waals surface area contributed by atoms with Crippen LogP contribution in [0.15, 0.2) is 29.3 Å². The minimum absolute atomic E-state index is 0.369. The van der Waals surface area contributed by atoms with E-state index in [-0.39, 0.29) is 0 Å². The van der Waals surface area contributed by atoms with Gasteiger partial charge in [0.25, 0.3) is 0 Å². The van der Waals surface area contributed by atoms with E-state index >= 15 is 0 Å². The van der Waals surface area contributed by atoms with Crippen molar-refractivity contribution in [3.05, 3.63) is 45.4 Å². The summed E-state index contributed by atoms with van der Waals surface area (Å²) in [6.07, 6.45) is -0.626.